The van der Waals surface area contributed by atoms with E-state index in [1.54, 1.807) is 11.1 Å². The van der Waals surface area contributed by atoms with Crippen LogP contribution < -0.4 is 0 Å². The van der Waals surface area contributed by atoms with E-state index in [4.69, 9.17) is 0 Å². The third-order valence-electron chi connectivity index (χ3n) is 4.44. The van der Waals surface area contributed by atoms with Crippen LogP contribution in [-0.4, -0.2) is 69.5 Å². The molecule has 3 heterocycles. The van der Waals surface area contributed by atoms with E-state index in [2.05, 4.69) is 4.98 Å². The van der Waals surface area contributed by atoms with Crippen LogP contribution in [-0.2, 0) is 11.2 Å². The van der Waals surface area contributed by atoms with E-state index in [-0.39, 0.29) is 5.91 Å². The number of β-amino-alcohol motifs (C(OH)–C–C–N with tert-alkyl or cyclic N) is 1. The number of hydrogen-bond acceptors (Lipinski definition) is 4. The highest BCUT2D eigenvalue weighted by molar-refractivity contribution is 5.79. The Labute approximate surface area is 136 Å². The largest absolute Gasteiger partial charge is 0.387 e. The molecule has 0 unspecified atom stereocenters. The smallest absolute Gasteiger partial charge is 0.228 e. The van der Waals surface area contributed by atoms with Gasteiger partial charge in [0.2, 0.25) is 5.91 Å². The highest BCUT2D eigenvalue weighted by Gasteiger charge is 2.38. The number of likely N-dealkylation sites (N-methyl/N-ethyl adjacent to an activating group) is 1. The first-order valence-corrected chi connectivity index (χ1v) is 7.94. The molecule has 1 atom stereocenters. The predicted molar refractivity (Wildman–Crippen MR) is 88.3 cm³/mol. The van der Waals surface area contributed by atoms with E-state index in [0.717, 1.165) is 16.9 Å². The van der Waals surface area contributed by atoms with Gasteiger partial charge in [-0.3, -0.25) is 4.79 Å². The van der Waals surface area contributed by atoms with Crippen molar-refractivity contribution in [2.75, 3.05) is 33.7 Å². The Morgan fingerprint density at radius 3 is 3.00 bits per heavy atom. The minimum atomic E-state index is -0.796. The SMILES string of the molecule is Cc1cccn2c(CC(=O)N3CC[C@](O)(CN(C)C)C3)cnc12. The minimum Gasteiger partial charge on any atom is -0.387 e. The number of nitrogens with zero attached hydrogens (tertiary/aromatic N) is 4. The number of pyridine rings is 1. The van der Waals surface area contributed by atoms with Crippen LogP contribution in [0, 0.1) is 6.92 Å². The summed E-state index contributed by atoms with van der Waals surface area (Å²) in [6.07, 6.45) is 4.64. The first-order chi connectivity index (χ1) is 10.9. The zero-order valence-electron chi connectivity index (χ0n) is 14.0. The molecule has 1 N–H and O–H groups in total. The van der Waals surface area contributed by atoms with Crippen molar-refractivity contribution in [1.29, 1.82) is 0 Å². The van der Waals surface area contributed by atoms with Crippen molar-refractivity contribution in [2.24, 2.45) is 0 Å². The molecule has 1 saturated heterocycles. The summed E-state index contributed by atoms with van der Waals surface area (Å²) in [5.74, 6) is 0.0444. The summed E-state index contributed by atoms with van der Waals surface area (Å²) in [6, 6.07) is 3.97. The Kier molecular flexibility index (Phi) is 4.12. The summed E-state index contributed by atoms with van der Waals surface area (Å²) in [7, 11) is 3.87. The van der Waals surface area contributed by atoms with Crippen molar-refractivity contribution >= 4 is 11.6 Å². The number of fused-ring (bicyclic) bond motifs is 1. The monoisotopic (exact) mass is 316 g/mol. The molecule has 3 rings (SSSR count). The van der Waals surface area contributed by atoms with E-state index in [9.17, 15) is 9.90 Å². The molecule has 6 heteroatoms. The Morgan fingerprint density at radius 2 is 2.26 bits per heavy atom. The number of amides is 1. The van der Waals surface area contributed by atoms with Crippen molar-refractivity contribution < 1.29 is 9.90 Å². The molecular weight excluding hydrogens is 292 g/mol. The molecule has 1 amide bonds. The van der Waals surface area contributed by atoms with Gasteiger partial charge in [-0.15, -0.1) is 0 Å². The van der Waals surface area contributed by atoms with Gasteiger partial charge in [0.1, 0.15) is 5.65 Å². The lowest BCUT2D eigenvalue weighted by molar-refractivity contribution is -0.130. The van der Waals surface area contributed by atoms with Gasteiger partial charge in [0.15, 0.2) is 0 Å². The first kappa shape index (κ1) is 16.0. The Bertz CT molecular complexity index is 724. The van der Waals surface area contributed by atoms with Gasteiger partial charge in [0, 0.05) is 25.5 Å². The molecule has 0 aliphatic carbocycles. The fourth-order valence-corrected chi connectivity index (χ4v) is 3.39. The summed E-state index contributed by atoms with van der Waals surface area (Å²) in [5.41, 5.74) is 2.07. The van der Waals surface area contributed by atoms with Crippen LogP contribution in [0.3, 0.4) is 0 Å². The normalized spacial score (nSPS) is 21.5. The highest BCUT2D eigenvalue weighted by atomic mass is 16.3. The molecule has 23 heavy (non-hydrogen) atoms. The topological polar surface area (TPSA) is 61.1 Å². The van der Waals surface area contributed by atoms with Crippen LogP contribution in [0.2, 0.25) is 0 Å². The van der Waals surface area contributed by atoms with Gasteiger partial charge in [0.05, 0.1) is 24.3 Å². The number of aliphatic hydroxyl groups is 1. The van der Waals surface area contributed by atoms with Gasteiger partial charge in [-0.2, -0.15) is 0 Å². The van der Waals surface area contributed by atoms with Crippen LogP contribution in [0.5, 0.6) is 0 Å². The van der Waals surface area contributed by atoms with Crippen LogP contribution >= 0.6 is 0 Å². The van der Waals surface area contributed by atoms with Crippen molar-refractivity contribution in [3.8, 4) is 0 Å². The highest BCUT2D eigenvalue weighted by Crippen LogP contribution is 2.23. The third-order valence-corrected chi connectivity index (χ3v) is 4.44. The molecule has 6 nitrogen and oxygen atoms in total. The number of likely N-dealkylation sites (tertiary alicyclic amines) is 1. The van der Waals surface area contributed by atoms with Crippen molar-refractivity contribution in [2.45, 2.75) is 25.4 Å². The van der Waals surface area contributed by atoms with Gasteiger partial charge in [-0.1, -0.05) is 6.07 Å². The van der Waals surface area contributed by atoms with Crippen molar-refractivity contribution in [1.82, 2.24) is 19.2 Å². The lowest BCUT2D eigenvalue weighted by atomic mass is 10.0. The zero-order valence-corrected chi connectivity index (χ0v) is 14.0. The van der Waals surface area contributed by atoms with Crippen LogP contribution in [0.15, 0.2) is 24.5 Å². The second kappa shape index (κ2) is 5.94. The van der Waals surface area contributed by atoms with Crippen LogP contribution in [0.4, 0.5) is 0 Å². The number of aromatic nitrogens is 2. The molecular formula is C17H24N4O2. The summed E-state index contributed by atoms with van der Waals surface area (Å²) >= 11 is 0. The molecule has 1 fully saturated rings. The number of imidazole rings is 1. The van der Waals surface area contributed by atoms with Gasteiger partial charge in [-0.25, -0.2) is 4.98 Å². The predicted octanol–water partition coefficient (Wildman–Crippen LogP) is 0.710. The number of hydrogen-bond donors (Lipinski definition) is 1. The minimum absolute atomic E-state index is 0.0444. The van der Waals surface area contributed by atoms with Gasteiger partial charge >= 0.3 is 0 Å². The summed E-state index contributed by atoms with van der Waals surface area (Å²) in [4.78, 5) is 20.7. The number of carbonyl (C=O) groups is 1. The average molecular weight is 316 g/mol. The molecule has 1 aliphatic rings. The second-order valence-electron chi connectivity index (χ2n) is 6.84. The van der Waals surface area contributed by atoms with E-state index in [1.165, 1.54) is 0 Å². The Morgan fingerprint density at radius 1 is 1.48 bits per heavy atom. The molecule has 0 bridgehead atoms. The summed E-state index contributed by atoms with van der Waals surface area (Å²) in [6.45, 7) is 3.60. The Balaban J connectivity index is 1.71. The standard InChI is InChI=1S/C17H24N4O2/c1-13-5-4-7-21-14(10-18-16(13)21)9-15(22)20-8-6-17(23,12-20)11-19(2)3/h4-5,7,10,23H,6,8-9,11-12H2,1-3H3/t17-/m0/s1. The molecule has 0 saturated carbocycles. The number of carbonyl (C=O) groups excluding carboxylic acids is 1. The van der Waals surface area contributed by atoms with Gasteiger partial charge in [0.25, 0.3) is 0 Å². The van der Waals surface area contributed by atoms with Gasteiger partial charge < -0.3 is 19.3 Å². The number of rotatable bonds is 4. The Hall–Kier alpha value is -1.92. The third kappa shape index (κ3) is 3.23. The lowest BCUT2D eigenvalue weighted by Gasteiger charge is -2.26. The van der Waals surface area contributed by atoms with E-state index < -0.39 is 5.60 Å². The molecule has 0 radical (unpaired) electrons. The summed E-state index contributed by atoms with van der Waals surface area (Å²) in [5, 5.41) is 10.6. The van der Waals surface area contributed by atoms with Gasteiger partial charge in [-0.05, 0) is 39.1 Å². The maximum absolute atomic E-state index is 12.6. The fraction of sp³-hybridized carbons (Fsp3) is 0.529. The first-order valence-electron chi connectivity index (χ1n) is 7.94. The van der Waals surface area contributed by atoms with E-state index >= 15 is 0 Å². The maximum Gasteiger partial charge on any atom is 0.228 e. The van der Waals surface area contributed by atoms with Crippen molar-refractivity contribution in [3.63, 3.8) is 0 Å². The molecule has 0 aromatic carbocycles. The summed E-state index contributed by atoms with van der Waals surface area (Å²) < 4.78 is 1.97. The van der Waals surface area contributed by atoms with Crippen LogP contribution in [0.1, 0.15) is 17.7 Å². The molecule has 124 valence electrons. The zero-order chi connectivity index (χ0) is 16.6. The quantitative estimate of drug-likeness (QED) is 0.902. The molecule has 1 aliphatic heterocycles. The molecule has 0 spiro atoms. The lowest BCUT2D eigenvalue weighted by Crippen LogP contribution is -2.43. The second-order valence-corrected chi connectivity index (χ2v) is 6.84. The van der Waals surface area contributed by atoms with Crippen molar-refractivity contribution in [3.05, 3.63) is 35.8 Å². The molecule has 2 aromatic heterocycles. The van der Waals surface area contributed by atoms with Crippen LogP contribution in [0.25, 0.3) is 5.65 Å². The maximum atomic E-state index is 12.6. The average Bonchev–Trinajstić information content (AvgIpc) is 3.04. The molecule has 2 aromatic rings. The fourth-order valence-electron chi connectivity index (χ4n) is 3.39. The number of aryl methyl sites for hydroxylation is 1. The van der Waals surface area contributed by atoms with E-state index in [1.807, 2.05) is 48.6 Å². The van der Waals surface area contributed by atoms with E-state index in [0.29, 0.717) is 32.5 Å².